The van der Waals surface area contributed by atoms with Crippen LogP contribution in [-0.4, -0.2) is 63.1 Å². The highest BCUT2D eigenvalue weighted by Gasteiger charge is 2.22. The maximum atomic E-state index is 13.1. The summed E-state index contributed by atoms with van der Waals surface area (Å²) in [6.45, 7) is 12.4. The number of hydrogen-bond donors (Lipinski definition) is 0. The maximum absolute atomic E-state index is 13.1. The van der Waals surface area contributed by atoms with E-state index < -0.39 is 0 Å². The third kappa shape index (κ3) is 6.97. The van der Waals surface area contributed by atoms with Crippen LogP contribution in [0.2, 0.25) is 0 Å². The number of amides is 2. The van der Waals surface area contributed by atoms with Gasteiger partial charge in [0.25, 0.3) is 5.56 Å². The normalized spacial score (nSPS) is 14.3. The lowest BCUT2D eigenvalue weighted by atomic mass is 9.86. The predicted molar refractivity (Wildman–Crippen MR) is 141 cm³/mol. The molecule has 0 N–H and O–H groups in total. The van der Waals surface area contributed by atoms with Gasteiger partial charge in [0.2, 0.25) is 11.8 Å². The van der Waals surface area contributed by atoms with Crippen molar-refractivity contribution in [1.29, 1.82) is 0 Å². The molecule has 0 saturated carbocycles. The molecule has 2 heterocycles. The van der Waals surface area contributed by atoms with Crippen LogP contribution < -0.4 is 5.56 Å². The first-order valence-electron chi connectivity index (χ1n) is 12.3. The van der Waals surface area contributed by atoms with E-state index in [1.165, 1.54) is 17.3 Å². The van der Waals surface area contributed by atoms with Crippen molar-refractivity contribution in [3.05, 3.63) is 57.0 Å². The van der Waals surface area contributed by atoms with Gasteiger partial charge in [-0.25, -0.2) is 4.98 Å². The van der Waals surface area contributed by atoms with Crippen LogP contribution in [0.1, 0.15) is 62.9 Å². The van der Waals surface area contributed by atoms with Gasteiger partial charge in [-0.3, -0.25) is 19.0 Å². The second-order valence-electron chi connectivity index (χ2n) is 10.3. The molecule has 1 saturated heterocycles. The van der Waals surface area contributed by atoms with Crippen LogP contribution >= 0.6 is 11.8 Å². The molecular weight excluding hydrogens is 460 g/mol. The maximum Gasteiger partial charge on any atom is 0.257 e. The van der Waals surface area contributed by atoms with Gasteiger partial charge in [-0.05, 0) is 29.9 Å². The fraction of sp³-hybridized carbons (Fsp3) is 0.556. The van der Waals surface area contributed by atoms with Gasteiger partial charge in [0.1, 0.15) is 0 Å². The van der Waals surface area contributed by atoms with E-state index in [1.54, 1.807) is 23.4 Å². The van der Waals surface area contributed by atoms with Crippen LogP contribution in [0.4, 0.5) is 0 Å². The van der Waals surface area contributed by atoms with E-state index >= 15 is 0 Å². The van der Waals surface area contributed by atoms with Gasteiger partial charge >= 0.3 is 0 Å². The minimum absolute atomic E-state index is 0.0145. The Morgan fingerprint density at radius 1 is 1.03 bits per heavy atom. The monoisotopic (exact) mass is 498 g/mol. The van der Waals surface area contributed by atoms with Crippen LogP contribution in [0.5, 0.6) is 0 Å². The number of benzene rings is 1. The summed E-state index contributed by atoms with van der Waals surface area (Å²) >= 11 is 1.52. The highest BCUT2D eigenvalue weighted by atomic mass is 32.2. The van der Waals surface area contributed by atoms with E-state index in [1.807, 2.05) is 11.8 Å². The van der Waals surface area contributed by atoms with E-state index in [-0.39, 0.29) is 22.8 Å². The Morgan fingerprint density at radius 2 is 1.63 bits per heavy atom. The second-order valence-corrected chi connectivity index (χ2v) is 11.3. The second kappa shape index (κ2) is 11.4. The van der Waals surface area contributed by atoms with Crippen LogP contribution in [0, 0.1) is 6.92 Å². The third-order valence-corrected chi connectivity index (χ3v) is 7.71. The molecule has 0 bridgehead atoms. The molecule has 1 fully saturated rings. The summed E-state index contributed by atoms with van der Waals surface area (Å²) in [4.78, 5) is 45.4. The Morgan fingerprint density at radius 3 is 2.20 bits per heavy atom. The first kappa shape index (κ1) is 27.0. The minimum atomic E-state index is -0.0145. The topological polar surface area (TPSA) is 75.5 Å². The number of piperazine rings is 1. The van der Waals surface area contributed by atoms with Gasteiger partial charge in [-0.2, -0.15) is 0 Å². The fourth-order valence-electron chi connectivity index (χ4n) is 4.21. The summed E-state index contributed by atoms with van der Waals surface area (Å²) in [5.41, 5.74) is 3.94. The Labute approximate surface area is 212 Å². The van der Waals surface area contributed by atoms with E-state index in [2.05, 4.69) is 45.0 Å². The Hall–Kier alpha value is -2.61. The Kier molecular flexibility index (Phi) is 8.80. The average Bonchev–Trinajstić information content (AvgIpc) is 2.82. The van der Waals surface area contributed by atoms with Crippen molar-refractivity contribution >= 4 is 23.6 Å². The van der Waals surface area contributed by atoms with Crippen molar-refractivity contribution in [3.63, 3.8) is 0 Å². The molecule has 0 aliphatic carbocycles. The molecule has 190 valence electrons. The molecule has 1 aromatic carbocycles. The number of carbonyl (C=O) groups excluding carboxylic acids is 2. The lowest BCUT2D eigenvalue weighted by molar-refractivity contribution is -0.138. The molecule has 35 heavy (non-hydrogen) atoms. The summed E-state index contributed by atoms with van der Waals surface area (Å²) in [7, 11) is 1.77. The molecule has 7 nitrogen and oxygen atoms in total. The summed E-state index contributed by atoms with van der Waals surface area (Å²) in [6.07, 6.45) is 1.74. The zero-order chi connectivity index (χ0) is 25.8. The summed E-state index contributed by atoms with van der Waals surface area (Å²) in [5, 5.41) is 0.682. The molecule has 2 amide bonds. The summed E-state index contributed by atoms with van der Waals surface area (Å²) < 4.78 is 1.62. The van der Waals surface area contributed by atoms with Gasteiger partial charge in [0.05, 0.1) is 0 Å². The van der Waals surface area contributed by atoms with Crippen LogP contribution in [0.3, 0.4) is 0 Å². The molecule has 3 rings (SSSR count). The van der Waals surface area contributed by atoms with E-state index in [9.17, 15) is 14.4 Å². The lowest BCUT2D eigenvalue weighted by Crippen LogP contribution is -2.50. The number of aryl methyl sites for hydroxylation is 1. The smallest absolute Gasteiger partial charge is 0.257 e. The number of aromatic nitrogens is 2. The summed E-state index contributed by atoms with van der Waals surface area (Å²) in [6, 6.07) is 8.47. The number of carbonyl (C=O) groups is 2. The molecule has 8 heteroatoms. The van der Waals surface area contributed by atoms with Crippen molar-refractivity contribution < 1.29 is 9.59 Å². The zero-order valence-electron chi connectivity index (χ0n) is 21.9. The van der Waals surface area contributed by atoms with Crippen molar-refractivity contribution in [3.8, 4) is 0 Å². The number of nitrogens with zero attached hydrogens (tertiary/aromatic N) is 4. The fourth-order valence-corrected chi connectivity index (χ4v) is 5.15. The minimum Gasteiger partial charge on any atom is -0.339 e. The van der Waals surface area contributed by atoms with E-state index in [4.69, 9.17) is 4.98 Å². The predicted octanol–water partition coefficient (Wildman–Crippen LogP) is 3.54. The van der Waals surface area contributed by atoms with Gasteiger partial charge in [-0.15, -0.1) is 0 Å². The van der Waals surface area contributed by atoms with Crippen molar-refractivity contribution in [2.45, 2.75) is 64.5 Å². The van der Waals surface area contributed by atoms with Crippen molar-refractivity contribution in [2.24, 2.45) is 7.05 Å². The Bertz CT molecular complexity index is 1110. The van der Waals surface area contributed by atoms with Gasteiger partial charge in [0.15, 0.2) is 5.16 Å². The first-order valence-corrected chi connectivity index (χ1v) is 13.3. The third-order valence-electron chi connectivity index (χ3n) is 6.59. The van der Waals surface area contributed by atoms with Crippen LogP contribution in [0.25, 0.3) is 0 Å². The summed E-state index contributed by atoms with van der Waals surface area (Å²) in [5.74, 6) is 0.901. The number of thioether (sulfide) groups is 1. The van der Waals surface area contributed by atoms with Gasteiger partial charge in [-0.1, -0.05) is 56.8 Å². The Balaban J connectivity index is 1.54. The molecule has 1 aliphatic rings. The van der Waals surface area contributed by atoms with Crippen molar-refractivity contribution in [2.75, 3.05) is 31.9 Å². The molecule has 0 unspecified atom stereocenters. The largest absolute Gasteiger partial charge is 0.339 e. The molecule has 0 radical (unpaired) electrons. The molecule has 0 spiro atoms. The van der Waals surface area contributed by atoms with Gasteiger partial charge < -0.3 is 9.80 Å². The average molecular weight is 499 g/mol. The molecule has 2 aromatic rings. The van der Waals surface area contributed by atoms with Gasteiger partial charge in [0, 0.05) is 70.0 Å². The molecule has 1 aromatic heterocycles. The molecule has 1 aliphatic heterocycles. The zero-order valence-corrected chi connectivity index (χ0v) is 22.7. The van der Waals surface area contributed by atoms with Crippen LogP contribution in [-0.2, 0) is 28.5 Å². The highest BCUT2D eigenvalue weighted by Crippen LogP contribution is 2.23. The quantitative estimate of drug-likeness (QED) is 0.332. The van der Waals surface area contributed by atoms with Crippen LogP contribution in [0.15, 0.2) is 34.2 Å². The van der Waals surface area contributed by atoms with Crippen molar-refractivity contribution in [1.82, 2.24) is 19.4 Å². The lowest BCUT2D eigenvalue weighted by Gasteiger charge is -2.34. The molecule has 0 atom stereocenters. The SMILES string of the molecule is CC(=O)N1CCN(C(=O)CCCSc2nc(C)c(Cc3ccc(C(C)(C)C)cc3)c(=O)n2C)CC1. The molecular formula is C27H38N4O3S. The first-order chi connectivity index (χ1) is 16.5. The standard InChI is InChI=1S/C27H38N4O3S/c1-19-23(18-21-9-11-22(12-10-21)27(3,4)5)25(34)29(6)26(28-19)35-17-7-8-24(33)31-15-13-30(14-16-31)20(2)32/h9-12H,7-8,13-18H2,1-6H3. The van der Waals surface area contributed by atoms with E-state index in [0.29, 0.717) is 56.4 Å². The number of rotatable bonds is 7. The van der Waals surface area contributed by atoms with E-state index in [0.717, 1.165) is 16.8 Å². The number of hydrogen-bond acceptors (Lipinski definition) is 5. The highest BCUT2D eigenvalue weighted by molar-refractivity contribution is 7.99.